The standard InChI is InChI=1S/C46H69ClN4O7/c1-27(2)38-30(52)20-46(33(53)24-51(26-36(54)50(10)11)25-35-48-22-28(47)23-49-35)19-18-44(8)29(39(38)46)12-13-32-43(7)16-15-34(58-37(55)21-41(3,4)40(56)57)42(5,6)31(43)14-17-45(32,44)9/h22-23,27,29,31-34,53H,12-21,24-26H2,1-11H3,(H,56,57). The molecule has 0 aromatic carbocycles. The van der Waals surface area contributed by atoms with Crippen LogP contribution in [-0.4, -0.2) is 93.0 Å². The summed E-state index contributed by atoms with van der Waals surface area (Å²) in [7, 11) is 3.44. The molecule has 5 aliphatic rings. The molecule has 6 rings (SSSR count). The fourth-order valence-electron chi connectivity index (χ4n) is 13.5. The van der Waals surface area contributed by atoms with Gasteiger partial charge in [-0.2, -0.15) is 0 Å². The highest BCUT2D eigenvalue weighted by Crippen LogP contribution is 2.77. The molecule has 4 fully saturated rings. The second-order valence-electron chi connectivity index (χ2n) is 21.3. The molecule has 1 aromatic heterocycles. The summed E-state index contributed by atoms with van der Waals surface area (Å²) in [5.41, 5.74) is -0.240. The molecule has 1 aromatic rings. The zero-order chi connectivity index (χ0) is 43.0. The minimum Gasteiger partial charge on any atom is -0.481 e. The van der Waals surface area contributed by atoms with Gasteiger partial charge in [-0.15, -0.1) is 0 Å². The van der Waals surface area contributed by atoms with Crippen LogP contribution in [0.4, 0.5) is 0 Å². The zero-order valence-corrected chi connectivity index (χ0v) is 37.7. The predicted molar refractivity (Wildman–Crippen MR) is 222 cm³/mol. The maximum atomic E-state index is 14.3. The van der Waals surface area contributed by atoms with Crippen LogP contribution >= 0.6 is 11.6 Å². The van der Waals surface area contributed by atoms with Crippen molar-refractivity contribution < 1.29 is 34.1 Å². The molecular weight excluding hydrogens is 756 g/mol. The van der Waals surface area contributed by atoms with Gasteiger partial charge >= 0.3 is 11.9 Å². The predicted octanol–water partition coefficient (Wildman–Crippen LogP) is 7.77. The topological polar surface area (TPSA) is 150 Å². The summed E-state index contributed by atoms with van der Waals surface area (Å²) >= 11 is 6.09. The van der Waals surface area contributed by atoms with Crippen molar-refractivity contribution in [1.82, 2.24) is 19.8 Å². The van der Waals surface area contributed by atoms with E-state index >= 15 is 0 Å². The number of aliphatic hydroxyl groups excluding tert-OH is 1. The molecule has 11 nitrogen and oxygen atoms in total. The first-order chi connectivity index (χ1) is 26.8. The Balaban J connectivity index is 1.30. The van der Waals surface area contributed by atoms with Gasteiger partial charge < -0.3 is 19.8 Å². The summed E-state index contributed by atoms with van der Waals surface area (Å²) in [6.45, 7) is 19.9. The third kappa shape index (κ3) is 7.35. The summed E-state index contributed by atoms with van der Waals surface area (Å²) in [4.78, 5) is 64.6. The van der Waals surface area contributed by atoms with E-state index in [0.717, 1.165) is 50.5 Å². The number of carbonyl (C=O) groups is 4. The van der Waals surface area contributed by atoms with E-state index in [2.05, 4.69) is 58.4 Å². The number of amides is 1. The lowest BCUT2D eigenvalue weighted by Gasteiger charge is -2.72. The lowest BCUT2D eigenvalue weighted by atomic mass is 9.33. The molecule has 0 aliphatic heterocycles. The van der Waals surface area contributed by atoms with Crippen molar-refractivity contribution in [2.24, 2.45) is 56.2 Å². The van der Waals surface area contributed by atoms with Crippen molar-refractivity contribution in [3.8, 4) is 0 Å². The van der Waals surface area contributed by atoms with Crippen molar-refractivity contribution in [2.75, 3.05) is 27.2 Å². The summed E-state index contributed by atoms with van der Waals surface area (Å²) < 4.78 is 6.18. The Labute approximate surface area is 351 Å². The number of halogens is 1. The quantitative estimate of drug-likeness (QED) is 0.200. The number of esters is 1. The molecule has 9 atom stereocenters. The first-order valence-corrected chi connectivity index (χ1v) is 22.0. The Hall–Kier alpha value is -2.89. The van der Waals surface area contributed by atoms with Gasteiger partial charge in [0.15, 0.2) is 5.78 Å². The Bertz CT molecular complexity index is 1830. The van der Waals surface area contributed by atoms with Crippen LogP contribution in [0.3, 0.4) is 0 Å². The van der Waals surface area contributed by atoms with E-state index in [0.29, 0.717) is 29.1 Å². The van der Waals surface area contributed by atoms with E-state index in [1.54, 1.807) is 32.8 Å². The minimum absolute atomic E-state index is 0.00570. The van der Waals surface area contributed by atoms with Crippen LogP contribution in [0.25, 0.3) is 0 Å². The van der Waals surface area contributed by atoms with E-state index in [1.807, 2.05) is 4.90 Å². The van der Waals surface area contributed by atoms with Crippen molar-refractivity contribution in [3.63, 3.8) is 0 Å². The van der Waals surface area contributed by atoms with Crippen LogP contribution in [0.15, 0.2) is 23.5 Å². The maximum Gasteiger partial charge on any atom is 0.309 e. The van der Waals surface area contributed by atoms with Crippen LogP contribution in [0.1, 0.15) is 132 Å². The van der Waals surface area contributed by atoms with Crippen LogP contribution in [0.2, 0.25) is 5.02 Å². The molecule has 0 saturated heterocycles. The van der Waals surface area contributed by atoms with E-state index in [1.165, 1.54) is 18.0 Å². The normalized spacial score (nSPS) is 34.8. The molecule has 58 heavy (non-hydrogen) atoms. The Morgan fingerprint density at radius 2 is 1.60 bits per heavy atom. The largest absolute Gasteiger partial charge is 0.481 e. The molecule has 2 N–H and O–H groups in total. The molecule has 1 amide bonds. The van der Waals surface area contributed by atoms with Gasteiger partial charge in [0.1, 0.15) is 11.9 Å². The zero-order valence-electron chi connectivity index (χ0n) is 36.9. The lowest BCUT2D eigenvalue weighted by molar-refractivity contribution is -0.235. The van der Waals surface area contributed by atoms with Gasteiger partial charge in [0.05, 0.1) is 36.1 Å². The fourth-order valence-corrected chi connectivity index (χ4v) is 13.6. The highest BCUT2D eigenvalue weighted by molar-refractivity contribution is 6.30. The number of aliphatic carboxylic acids is 1. The number of carboxylic acid groups (broad SMARTS) is 1. The number of aromatic nitrogens is 2. The van der Waals surface area contributed by atoms with E-state index in [9.17, 15) is 29.4 Å². The van der Waals surface area contributed by atoms with Gasteiger partial charge in [0, 0.05) is 50.3 Å². The molecule has 5 aliphatic carbocycles. The Morgan fingerprint density at radius 3 is 2.21 bits per heavy atom. The molecule has 322 valence electrons. The molecular formula is C46H69ClN4O7. The second kappa shape index (κ2) is 15.5. The van der Waals surface area contributed by atoms with E-state index in [4.69, 9.17) is 16.3 Å². The number of fused-ring (bicyclic) bond motifs is 7. The van der Waals surface area contributed by atoms with Crippen LogP contribution in [-0.2, 0) is 30.5 Å². The number of likely N-dealkylation sites (N-methyl/N-ethyl adjacent to an activating group) is 1. The first kappa shape index (κ1) is 44.7. The van der Waals surface area contributed by atoms with Crippen molar-refractivity contribution >= 4 is 35.2 Å². The molecule has 0 bridgehead atoms. The number of ketones is 1. The minimum atomic E-state index is -1.19. The van der Waals surface area contributed by atoms with Crippen LogP contribution in [0, 0.1) is 56.2 Å². The van der Waals surface area contributed by atoms with E-state index < -0.39 is 28.9 Å². The average Bonchev–Trinajstić information content (AvgIpc) is 3.43. The van der Waals surface area contributed by atoms with Crippen LogP contribution in [0.5, 0.6) is 0 Å². The summed E-state index contributed by atoms with van der Waals surface area (Å²) in [5.74, 6) is 0.0103. The highest BCUT2D eigenvalue weighted by atomic mass is 35.5. The van der Waals surface area contributed by atoms with Crippen LogP contribution < -0.4 is 0 Å². The van der Waals surface area contributed by atoms with Gasteiger partial charge in [-0.1, -0.05) is 65.6 Å². The number of allylic oxidation sites excluding steroid dienone is 1. The molecule has 4 saturated carbocycles. The average molecular weight is 826 g/mol. The van der Waals surface area contributed by atoms with E-state index in [-0.39, 0.29) is 83.8 Å². The Morgan fingerprint density at radius 1 is 0.948 bits per heavy atom. The van der Waals surface area contributed by atoms with Gasteiger partial charge in [-0.05, 0) is 111 Å². The first-order valence-electron chi connectivity index (χ1n) is 21.6. The number of carbonyl (C=O) groups excluding carboxylic acids is 3. The van der Waals surface area contributed by atoms with Crippen molar-refractivity contribution in [2.45, 2.75) is 145 Å². The number of rotatable bonds is 12. The third-order valence-electron chi connectivity index (χ3n) is 16.8. The van der Waals surface area contributed by atoms with Gasteiger partial charge in [-0.25, -0.2) is 9.97 Å². The van der Waals surface area contributed by atoms with Gasteiger partial charge in [0.2, 0.25) is 5.91 Å². The number of aliphatic hydroxyl groups is 1. The molecule has 0 radical (unpaired) electrons. The number of nitrogens with zero attached hydrogens (tertiary/aromatic N) is 4. The van der Waals surface area contributed by atoms with Gasteiger partial charge in [-0.3, -0.25) is 24.1 Å². The molecule has 1 heterocycles. The number of hydrogen-bond acceptors (Lipinski definition) is 9. The SMILES string of the molecule is CC(C)C1=C2C3CCC4C5(C)CCC(OC(=O)CC(C)(C)C(=O)O)C(C)(C)C5CCC4(C)C3(C)CCC2(C(O)CN(CC(=O)N(C)C)Cc2ncc(Cl)cn2)CC1=O. The molecule has 9 unspecified atom stereocenters. The number of ether oxygens (including phenoxy) is 1. The van der Waals surface area contributed by atoms with Crippen molar-refractivity contribution in [1.29, 1.82) is 0 Å². The van der Waals surface area contributed by atoms with Gasteiger partial charge in [0.25, 0.3) is 0 Å². The third-order valence-corrected chi connectivity index (χ3v) is 17.0. The summed E-state index contributed by atoms with van der Waals surface area (Å²) in [6.07, 6.45) is 9.29. The molecule has 0 spiro atoms. The smallest absolute Gasteiger partial charge is 0.309 e. The fraction of sp³-hybridized carbons (Fsp3) is 0.783. The number of hydrogen-bond donors (Lipinski definition) is 2. The number of Topliss-reactive ketones (excluding diaryl/α,β-unsaturated/α-hetero) is 1. The monoisotopic (exact) mass is 824 g/mol. The van der Waals surface area contributed by atoms with Crippen molar-refractivity contribution in [3.05, 3.63) is 34.4 Å². The highest BCUT2D eigenvalue weighted by Gasteiger charge is 2.71. The Kier molecular flexibility index (Phi) is 12.0. The lowest BCUT2D eigenvalue weighted by Crippen LogP contribution is -2.66. The maximum absolute atomic E-state index is 14.3. The second-order valence-corrected chi connectivity index (χ2v) is 21.8. The summed E-state index contributed by atoms with van der Waals surface area (Å²) in [5, 5.41) is 22.7. The number of carboxylic acids is 1. The summed E-state index contributed by atoms with van der Waals surface area (Å²) in [6, 6.07) is 0. The molecule has 12 heteroatoms.